The number of fused-ring (bicyclic) bond motifs is 5. The van der Waals surface area contributed by atoms with Crippen LogP contribution in [-0.2, 0) is 22.6 Å². The summed E-state index contributed by atoms with van der Waals surface area (Å²) in [6, 6.07) is 7.27. The van der Waals surface area contributed by atoms with Crippen molar-refractivity contribution in [2.24, 2.45) is 23.7 Å². The van der Waals surface area contributed by atoms with E-state index >= 15 is 0 Å². The van der Waals surface area contributed by atoms with Crippen LogP contribution in [0.5, 0.6) is 0 Å². The molecule has 2 aromatic rings. The van der Waals surface area contributed by atoms with Gasteiger partial charge in [0.2, 0.25) is 5.91 Å². The van der Waals surface area contributed by atoms with E-state index in [2.05, 4.69) is 33.7 Å². The predicted molar refractivity (Wildman–Crippen MR) is 131 cm³/mol. The Hall–Kier alpha value is -2.56. The molecule has 5 nitrogen and oxygen atoms in total. The highest BCUT2D eigenvalue weighted by molar-refractivity contribution is 5.90. The lowest BCUT2D eigenvalue weighted by atomic mass is 9.80. The van der Waals surface area contributed by atoms with Crippen molar-refractivity contribution in [3.8, 4) is 0 Å². The SMILES string of the molecule is O=C(O)C1C2C=CC(C2)C1C(=O)N1CCn2c3c(c4cc(C5CCCCC5)ccc42)CCCC31. The Morgan fingerprint density at radius 2 is 1.71 bits per heavy atom. The molecule has 1 aliphatic heterocycles. The van der Waals surface area contributed by atoms with Crippen molar-refractivity contribution in [1.82, 2.24) is 9.47 Å². The lowest BCUT2D eigenvalue weighted by Crippen LogP contribution is -2.48. The highest BCUT2D eigenvalue weighted by atomic mass is 16.4. The van der Waals surface area contributed by atoms with Gasteiger partial charge in [-0.2, -0.15) is 0 Å². The molecule has 7 rings (SSSR count). The van der Waals surface area contributed by atoms with E-state index in [-0.39, 0.29) is 23.8 Å². The Labute approximate surface area is 200 Å². The maximum absolute atomic E-state index is 13.9. The van der Waals surface area contributed by atoms with Gasteiger partial charge in [0, 0.05) is 29.7 Å². The zero-order valence-electron chi connectivity index (χ0n) is 19.8. The van der Waals surface area contributed by atoms with Crippen molar-refractivity contribution < 1.29 is 14.7 Å². The molecule has 2 bridgehead atoms. The average Bonchev–Trinajstić information content (AvgIpc) is 3.57. The van der Waals surface area contributed by atoms with E-state index in [0.717, 1.165) is 32.2 Å². The molecule has 1 amide bonds. The highest BCUT2D eigenvalue weighted by Gasteiger charge is 2.54. The topological polar surface area (TPSA) is 62.5 Å². The van der Waals surface area contributed by atoms with Crippen molar-refractivity contribution in [3.05, 3.63) is 47.2 Å². The van der Waals surface area contributed by atoms with Crippen molar-refractivity contribution in [2.45, 2.75) is 76.3 Å². The van der Waals surface area contributed by atoms with Gasteiger partial charge in [0.15, 0.2) is 0 Å². The number of allylic oxidation sites excluding steroid dienone is 2. The third kappa shape index (κ3) is 2.91. The van der Waals surface area contributed by atoms with Crippen LogP contribution in [0.15, 0.2) is 30.4 Å². The summed E-state index contributed by atoms with van der Waals surface area (Å²) in [5, 5.41) is 11.3. The van der Waals surface area contributed by atoms with E-state index in [1.807, 2.05) is 6.08 Å². The standard InChI is InChI=1S/C29H34N2O3/c32-28(25-19-9-10-20(15-19)26(25)29(33)34)31-14-13-30-23-12-11-18(17-5-2-1-3-6-17)16-22(23)21-7-4-8-24(31)27(21)30/h9-12,16-17,19-20,24-26H,1-8,13-15H2,(H,33,34). The van der Waals surface area contributed by atoms with Gasteiger partial charge in [-0.3, -0.25) is 9.59 Å². The number of aryl methyl sites for hydroxylation is 1. The fourth-order valence-electron chi connectivity index (χ4n) is 8.26. The summed E-state index contributed by atoms with van der Waals surface area (Å²) in [5.41, 5.74) is 5.62. The van der Waals surface area contributed by atoms with Crippen LogP contribution in [-0.4, -0.2) is 33.0 Å². The van der Waals surface area contributed by atoms with Crippen LogP contribution < -0.4 is 0 Å². The van der Waals surface area contributed by atoms with E-state index in [4.69, 9.17) is 0 Å². The Morgan fingerprint density at radius 1 is 0.912 bits per heavy atom. The third-order valence-corrected chi connectivity index (χ3v) is 9.79. The van der Waals surface area contributed by atoms with E-state index in [9.17, 15) is 14.7 Å². The van der Waals surface area contributed by atoms with E-state index in [1.54, 1.807) is 0 Å². The van der Waals surface area contributed by atoms with Crippen molar-refractivity contribution in [1.29, 1.82) is 0 Å². The Morgan fingerprint density at radius 3 is 2.50 bits per heavy atom. The maximum Gasteiger partial charge on any atom is 0.307 e. The first kappa shape index (κ1) is 20.8. The van der Waals surface area contributed by atoms with Gasteiger partial charge in [-0.15, -0.1) is 0 Å². The summed E-state index contributed by atoms with van der Waals surface area (Å²) in [4.78, 5) is 28.1. The lowest BCUT2D eigenvalue weighted by Gasteiger charge is -2.42. The van der Waals surface area contributed by atoms with Crippen molar-refractivity contribution >= 4 is 22.8 Å². The smallest absolute Gasteiger partial charge is 0.307 e. The third-order valence-electron chi connectivity index (χ3n) is 9.79. The summed E-state index contributed by atoms with van der Waals surface area (Å²) >= 11 is 0. The first-order chi connectivity index (χ1) is 16.6. The minimum atomic E-state index is -0.805. The number of aliphatic carboxylic acids is 1. The van der Waals surface area contributed by atoms with Crippen LogP contribution in [0.1, 0.15) is 80.1 Å². The molecule has 2 heterocycles. The first-order valence-corrected chi connectivity index (χ1v) is 13.5. The second-order valence-electron chi connectivity index (χ2n) is 11.4. The van der Waals surface area contributed by atoms with Crippen LogP contribution in [0.2, 0.25) is 0 Å². The molecule has 1 N–H and O–H groups in total. The van der Waals surface area contributed by atoms with Gasteiger partial charge in [-0.25, -0.2) is 0 Å². The van der Waals surface area contributed by atoms with Gasteiger partial charge in [-0.05, 0) is 79.5 Å². The summed E-state index contributed by atoms with van der Waals surface area (Å²) in [7, 11) is 0. The molecule has 0 radical (unpaired) electrons. The largest absolute Gasteiger partial charge is 0.481 e. The van der Waals surface area contributed by atoms with Gasteiger partial charge in [0.25, 0.3) is 0 Å². The number of nitrogens with zero attached hydrogens (tertiary/aromatic N) is 2. The Kier molecular flexibility index (Phi) is 4.72. The van der Waals surface area contributed by atoms with Crippen LogP contribution in [0, 0.1) is 23.7 Å². The molecule has 0 saturated heterocycles. The number of benzene rings is 1. The molecule has 5 aliphatic rings. The van der Waals surface area contributed by atoms with E-state index in [1.165, 1.54) is 59.8 Å². The summed E-state index contributed by atoms with van der Waals surface area (Å²) < 4.78 is 2.48. The summed E-state index contributed by atoms with van der Waals surface area (Å²) in [6.07, 6.45) is 14.8. The summed E-state index contributed by atoms with van der Waals surface area (Å²) in [6.45, 7) is 1.50. The Bertz CT molecular complexity index is 1200. The highest BCUT2D eigenvalue weighted by Crippen LogP contribution is 2.51. The van der Waals surface area contributed by atoms with Gasteiger partial charge in [0.05, 0.1) is 17.9 Å². The molecule has 2 fully saturated rings. The number of carbonyl (C=O) groups excluding carboxylic acids is 1. The van der Waals surface area contributed by atoms with Crippen molar-refractivity contribution in [2.75, 3.05) is 6.54 Å². The van der Waals surface area contributed by atoms with Gasteiger partial charge in [-0.1, -0.05) is 37.5 Å². The zero-order valence-corrected chi connectivity index (χ0v) is 19.8. The molecule has 34 heavy (non-hydrogen) atoms. The molecule has 5 unspecified atom stereocenters. The minimum absolute atomic E-state index is 0.0211. The minimum Gasteiger partial charge on any atom is -0.481 e. The number of hydrogen-bond donors (Lipinski definition) is 1. The molecule has 4 aliphatic carbocycles. The molecule has 178 valence electrons. The predicted octanol–water partition coefficient (Wildman–Crippen LogP) is 5.43. The quantitative estimate of drug-likeness (QED) is 0.624. The van der Waals surface area contributed by atoms with Crippen LogP contribution >= 0.6 is 0 Å². The van der Waals surface area contributed by atoms with E-state index in [0.29, 0.717) is 12.5 Å². The number of rotatable bonds is 3. The molecular formula is C29H34N2O3. The second kappa shape index (κ2) is 7.73. The fourth-order valence-corrected chi connectivity index (χ4v) is 8.26. The number of carboxylic acid groups (broad SMARTS) is 1. The monoisotopic (exact) mass is 458 g/mol. The normalized spacial score (nSPS) is 32.4. The number of carbonyl (C=O) groups is 2. The average molecular weight is 459 g/mol. The van der Waals surface area contributed by atoms with Crippen LogP contribution in [0.4, 0.5) is 0 Å². The molecule has 2 saturated carbocycles. The maximum atomic E-state index is 13.9. The Balaban J connectivity index is 1.26. The number of hydrogen-bond acceptors (Lipinski definition) is 2. The van der Waals surface area contributed by atoms with Gasteiger partial charge >= 0.3 is 5.97 Å². The zero-order chi connectivity index (χ0) is 23.0. The summed E-state index contributed by atoms with van der Waals surface area (Å²) in [5.74, 6) is -0.871. The van der Waals surface area contributed by atoms with Crippen LogP contribution in [0.25, 0.3) is 10.9 Å². The lowest BCUT2D eigenvalue weighted by molar-refractivity contribution is -0.152. The first-order valence-electron chi connectivity index (χ1n) is 13.5. The molecule has 1 aromatic carbocycles. The molecule has 5 atom stereocenters. The number of aromatic nitrogens is 1. The van der Waals surface area contributed by atoms with Crippen molar-refractivity contribution in [3.63, 3.8) is 0 Å². The fraction of sp³-hybridized carbons (Fsp3) is 0.586. The molecule has 1 aromatic heterocycles. The number of amides is 1. The van der Waals surface area contributed by atoms with Gasteiger partial charge < -0.3 is 14.6 Å². The second-order valence-corrected chi connectivity index (χ2v) is 11.4. The van der Waals surface area contributed by atoms with Crippen LogP contribution in [0.3, 0.4) is 0 Å². The molecule has 5 heteroatoms. The van der Waals surface area contributed by atoms with Gasteiger partial charge in [0.1, 0.15) is 0 Å². The number of carboxylic acids is 1. The molecule has 0 spiro atoms. The van der Waals surface area contributed by atoms with E-state index < -0.39 is 17.8 Å². The molecular weight excluding hydrogens is 424 g/mol.